The number of aryl methyl sites for hydroxylation is 3. The molecule has 4 aromatic rings. The smallest absolute Gasteiger partial charge is 0.264 e. The van der Waals surface area contributed by atoms with Gasteiger partial charge in [-0.05, 0) is 50.5 Å². The highest BCUT2D eigenvalue weighted by atomic mass is 16.2. The number of hydrogen-bond donors (Lipinski definition) is 0. The SMILES string of the molecule is Cc1ccc(-n2ncc3c(=O)n(CCC(=O)N4CCCc5ccccc54)c(C)nc32)cc1. The van der Waals surface area contributed by atoms with E-state index in [0.29, 0.717) is 29.9 Å². The van der Waals surface area contributed by atoms with Gasteiger partial charge >= 0.3 is 0 Å². The molecule has 1 aliphatic heterocycles. The van der Waals surface area contributed by atoms with Crippen molar-refractivity contribution in [2.45, 2.75) is 39.7 Å². The number of anilines is 1. The summed E-state index contributed by atoms with van der Waals surface area (Å²) in [5, 5.41) is 4.85. The number of amides is 1. The largest absolute Gasteiger partial charge is 0.312 e. The van der Waals surface area contributed by atoms with Crippen molar-refractivity contribution in [1.29, 1.82) is 0 Å². The fraction of sp³-hybridized carbons (Fsp3) is 0.280. The second kappa shape index (κ2) is 8.07. The van der Waals surface area contributed by atoms with Gasteiger partial charge in [0.2, 0.25) is 5.91 Å². The van der Waals surface area contributed by atoms with Gasteiger partial charge in [0, 0.05) is 25.2 Å². The number of hydrogen-bond acceptors (Lipinski definition) is 4. The lowest BCUT2D eigenvalue weighted by atomic mass is 10.0. The van der Waals surface area contributed by atoms with Crippen molar-refractivity contribution in [1.82, 2.24) is 19.3 Å². The minimum atomic E-state index is -0.169. The maximum Gasteiger partial charge on any atom is 0.264 e. The van der Waals surface area contributed by atoms with Crippen LogP contribution in [0.3, 0.4) is 0 Å². The number of carbonyl (C=O) groups is 1. The maximum absolute atomic E-state index is 13.2. The van der Waals surface area contributed by atoms with Crippen molar-refractivity contribution >= 4 is 22.6 Å². The Kier molecular flexibility index (Phi) is 5.09. The van der Waals surface area contributed by atoms with Crippen molar-refractivity contribution in [2.75, 3.05) is 11.4 Å². The standard InChI is InChI=1S/C25H25N5O2/c1-17-9-11-20(12-10-17)30-24-21(16-26-30)25(32)28(18(2)27-24)15-13-23(31)29-14-5-7-19-6-3-4-8-22(19)29/h3-4,6,8-12,16H,5,7,13-15H2,1-2H3. The molecule has 0 aliphatic carbocycles. The lowest BCUT2D eigenvalue weighted by molar-refractivity contribution is -0.118. The number of benzene rings is 2. The monoisotopic (exact) mass is 427 g/mol. The summed E-state index contributed by atoms with van der Waals surface area (Å²) in [7, 11) is 0. The highest BCUT2D eigenvalue weighted by molar-refractivity contribution is 5.94. The molecule has 0 spiro atoms. The van der Waals surface area contributed by atoms with Crippen molar-refractivity contribution in [3.8, 4) is 5.69 Å². The first-order valence-electron chi connectivity index (χ1n) is 10.9. The van der Waals surface area contributed by atoms with E-state index < -0.39 is 0 Å². The van der Waals surface area contributed by atoms with E-state index >= 15 is 0 Å². The molecule has 2 aromatic heterocycles. The summed E-state index contributed by atoms with van der Waals surface area (Å²) < 4.78 is 3.26. The molecule has 0 saturated carbocycles. The highest BCUT2D eigenvalue weighted by Crippen LogP contribution is 2.27. The summed E-state index contributed by atoms with van der Waals surface area (Å²) in [4.78, 5) is 32.7. The average Bonchev–Trinajstić information content (AvgIpc) is 3.22. The van der Waals surface area contributed by atoms with Crippen molar-refractivity contribution in [3.63, 3.8) is 0 Å². The molecular weight excluding hydrogens is 402 g/mol. The fourth-order valence-electron chi connectivity index (χ4n) is 4.38. The first-order chi connectivity index (χ1) is 15.5. The summed E-state index contributed by atoms with van der Waals surface area (Å²) >= 11 is 0. The van der Waals surface area contributed by atoms with Gasteiger partial charge in [0.1, 0.15) is 11.2 Å². The third-order valence-corrected chi connectivity index (χ3v) is 6.12. The van der Waals surface area contributed by atoms with Crippen LogP contribution in [0.1, 0.15) is 29.8 Å². The predicted octanol–water partition coefficient (Wildman–Crippen LogP) is 3.57. The Labute approximate surface area is 185 Å². The minimum absolute atomic E-state index is 0.0268. The molecule has 1 amide bonds. The topological polar surface area (TPSA) is 73.0 Å². The molecule has 162 valence electrons. The van der Waals surface area contributed by atoms with Gasteiger partial charge < -0.3 is 4.90 Å². The molecule has 0 N–H and O–H groups in total. The molecule has 32 heavy (non-hydrogen) atoms. The summed E-state index contributed by atoms with van der Waals surface area (Å²) in [5.41, 5.74) is 4.56. The van der Waals surface area contributed by atoms with E-state index in [1.807, 2.05) is 54.3 Å². The van der Waals surface area contributed by atoms with E-state index in [1.165, 1.54) is 5.56 Å². The van der Waals surface area contributed by atoms with E-state index in [4.69, 9.17) is 0 Å². The molecule has 1 aliphatic rings. The Morgan fingerprint density at radius 2 is 1.84 bits per heavy atom. The summed E-state index contributed by atoms with van der Waals surface area (Å²) in [5.74, 6) is 0.599. The fourth-order valence-corrected chi connectivity index (χ4v) is 4.38. The van der Waals surface area contributed by atoms with E-state index in [9.17, 15) is 9.59 Å². The molecular formula is C25H25N5O2. The first kappa shape index (κ1) is 20.2. The number of fused-ring (bicyclic) bond motifs is 2. The lowest BCUT2D eigenvalue weighted by Crippen LogP contribution is -2.36. The molecule has 3 heterocycles. The van der Waals surface area contributed by atoms with E-state index in [0.717, 1.165) is 29.8 Å². The zero-order valence-corrected chi connectivity index (χ0v) is 18.3. The van der Waals surface area contributed by atoms with Crippen LogP contribution < -0.4 is 10.5 Å². The number of carbonyl (C=O) groups excluding carboxylic acids is 1. The van der Waals surface area contributed by atoms with Crippen LogP contribution in [0.15, 0.2) is 59.5 Å². The molecule has 0 unspecified atom stereocenters. The van der Waals surface area contributed by atoms with E-state index in [1.54, 1.807) is 22.4 Å². The van der Waals surface area contributed by atoms with Gasteiger partial charge in [0.25, 0.3) is 5.56 Å². The second-order valence-corrected chi connectivity index (χ2v) is 8.27. The van der Waals surface area contributed by atoms with Crippen molar-refractivity contribution < 1.29 is 4.79 Å². The zero-order chi connectivity index (χ0) is 22.2. The number of rotatable bonds is 4. The van der Waals surface area contributed by atoms with Gasteiger partial charge in [-0.2, -0.15) is 5.10 Å². The molecule has 0 fully saturated rings. The zero-order valence-electron chi connectivity index (χ0n) is 18.3. The molecule has 0 bridgehead atoms. The summed E-state index contributed by atoms with van der Waals surface area (Å²) in [6.07, 6.45) is 3.75. The van der Waals surface area contributed by atoms with Gasteiger partial charge in [-0.3, -0.25) is 14.2 Å². The normalized spacial score (nSPS) is 13.4. The minimum Gasteiger partial charge on any atom is -0.312 e. The first-order valence-corrected chi connectivity index (χ1v) is 10.9. The van der Waals surface area contributed by atoms with Gasteiger partial charge in [0.15, 0.2) is 5.65 Å². The predicted molar refractivity (Wildman–Crippen MR) is 124 cm³/mol. The molecule has 7 nitrogen and oxygen atoms in total. The van der Waals surface area contributed by atoms with E-state index in [2.05, 4.69) is 16.1 Å². The van der Waals surface area contributed by atoms with Crippen LogP contribution in [-0.4, -0.2) is 31.8 Å². The highest BCUT2D eigenvalue weighted by Gasteiger charge is 2.22. The average molecular weight is 428 g/mol. The van der Waals surface area contributed by atoms with Crippen molar-refractivity contribution in [3.05, 3.63) is 82.0 Å². The van der Waals surface area contributed by atoms with Crippen LogP contribution >= 0.6 is 0 Å². The second-order valence-electron chi connectivity index (χ2n) is 8.27. The van der Waals surface area contributed by atoms with Gasteiger partial charge in [-0.15, -0.1) is 0 Å². The Morgan fingerprint density at radius 1 is 1.06 bits per heavy atom. The Bertz CT molecular complexity index is 1370. The lowest BCUT2D eigenvalue weighted by Gasteiger charge is -2.29. The molecule has 7 heteroatoms. The Morgan fingerprint density at radius 3 is 2.66 bits per heavy atom. The summed E-state index contributed by atoms with van der Waals surface area (Å²) in [6.45, 7) is 4.83. The van der Waals surface area contributed by atoms with E-state index in [-0.39, 0.29) is 17.9 Å². The number of aromatic nitrogens is 4. The molecule has 2 aromatic carbocycles. The van der Waals surface area contributed by atoms with Crippen molar-refractivity contribution in [2.24, 2.45) is 0 Å². The van der Waals surface area contributed by atoms with Crippen LogP contribution in [0.5, 0.6) is 0 Å². The maximum atomic E-state index is 13.2. The third kappa shape index (κ3) is 3.49. The van der Waals surface area contributed by atoms with Crippen LogP contribution in [-0.2, 0) is 17.8 Å². The van der Waals surface area contributed by atoms with Gasteiger partial charge in [0.05, 0.1) is 11.9 Å². The molecule has 5 rings (SSSR count). The molecule has 0 atom stereocenters. The molecule has 0 radical (unpaired) electrons. The Hall–Kier alpha value is -3.74. The number of para-hydroxylation sites is 1. The van der Waals surface area contributed by atoms with Crippen LogP contribution in [0, 0.1) is 13.8 Å². The van der Waals surface area contributed by atoms with Gasteiger partial charge in [-0.25, -0.2) is 9.67 Å². The van der Waals surface area contributed by atoms with Crippen LogP contribution in [0.2, 0.25) is 0 Å². The van der Waals surface area contributed by atoms with Crippen LogP contribution in [0.25, 0.3) is 16.7 Å². The number of nitrogens with zero attached hydrogens (tertiary/aromatic N) is 5. The van der Waals surface area contributed by atoms with Gasteiger partial charge in [-0.1, -0.05) is 35.9 Å². The summed E-state index contributed by atoms with van der Waals surface area (Å²) in [6, 6.07) is 16.0. The van der Waals surface area contributed by atoms with Crippen LogP contribution in [0.4, 0.5) is 5.69 Å². The molecule has 0 saturated heterocycles. The Balaban J connectivity index is 1.41. The quantitative estimate of drug-likeness (QED) is 0.499. The third-order valence-electron chi connectivity index (χ3n) is 6.12.